The number of ether oxygens (including phenoxy) is 1. The number of benzene rings is 1. The van der Waals surface area contributed by atoms with Gasteiger partial charge in [-0.2, -0.15) is 0 Å². The fourth-order valence-electron chi connectivity index (χ4n) is 1.26. The second kappa shape index (κ2) is 5.29. The van der Waals surface area contributed by atoms with Gasteiger partial charge in [-0.1, -0.05) is 6.07 Å². The molecule has 4 nitrogen and oxygen atoms in total. The molecule has 0 aliphatic heterocycles. The quantitative estimate of drug-likeness (QED) is 0.633. The van der Waals surface area contributed by atoms with E-state index in [-0.39, 0.29) is 5.69 Å². The first-order valence-corrected chi connectivity index (χ1v) is 6.43. The molecule has 0 fully saturated rings. The maximum atomic E-state index is 10.6. The Morgan fingerprint density at radius 1 is 1.41 bits per heavy atom. The molecule has 88 valence electrons. The van der Waals surface area contributed by atoms with Crippen LogP contribution in [0.1, 0.15) is 4.88 Å². The number of nitro groups is 1. The van der Waals surface area contributed by atoms with Crippen LogP contribution in [0.3, 0.4) is 0 Å². The average molecular weight is 314 g/mol. The molecule has 0 bridgehead atoms. The SMILES string of the molecule is O=[N+]([O-])c1ccc(Br)c(OCc2cccs2)c1. The van der Waals surface area contributed by atoms with Crippen molar-refractivity contribution in [3.05, 3.63) is 55.2 Å². The summed E-state index contributed by atoms with van der Waals surface area (Å²) < 4.78 is 6.24. The van der Waals surface area contributed by atoms with E-state index in [9.17, 15) is 10.1 Å². The van der Waals surface area contributed by atoms with Gasteiger partial charge in [-0.05, 0) is 33.4 Å². The second-order valence-corrected chi connectivity index (χ2v) is 5.13. The molecule has 1 heterocycles. The van der Waals surface area contributed by atoms with E-state index in [1.807, 2.05) is 17.5 Å². The van der Waals surface area contributed by atoms with Crippen LogP contribution in [-0.4, -0.2) is 4.92 Å². The molecule has 2 aromatic rings. The summed E-state index contributed by atoms with van der Waals surface area (Å²) in [6, 6.07) is 8.35. The van der Waals surface area contributed by atoms with Crippen molar-refractivity contribution in [2.75, 3.05) is 0 Å². The van der Waals surface area contributed by atoms with E-state index in [0.29, 0.717) is 16.8 Å². The summed E-state index contributed by atoms with van der Waals surface area (Å²) in [6.07, 6.45) is 0. The van der Waals surface area contributed by atoms with Crippen molar-refractivity contribution < 1.29 is 9.66 Å². The fourth-order valence-corrected chi connectivity index (χ4v) is 2.24. The van der Waals surface area contributed by atoms with Gasteiger partial charge in [0.25, 0.3) is 5.69 Å². The molecule has 0 atom stereocenters. The standard InChI is InChI=1S/C11H8BrNO3S/c12-10-4-3-8(13(14)15)6-11(10)16-7-9-2-1-5-17-9/h1-6H,7H2. The van der Waals surface area contributed by atoms with Gasteiger partial charge in [0.15, 0.2) is 0 Å². The Bertz CT molecular complexity index is 528. The van der Waals surface area contributed by atoms with Crippen LogP contribution >= 0.6 is 27.3 Å². The maximum Gasteiger partial charge on any atom is 0.273 e. The first kappa shape index (κ1) is 12.1. The van der Waals surface area contributed by atoms with Gasteiger partial charge in [0.1, 0.15) is 12.4 Å². The molecule has 0 aliphatic carbocycles. The highest BCUT2D eigenvalue weighted by atomic mass is 79.9. The van der Waals surface area contributed by atoms with Gasteiger partial charge in [-0.3, -0.25) is 10.1 Å². The third-order valence-electron chi connectivity index (χ3n) is 2.08. The summed E-state index contributed by atoms with van der Waals surface area (Å²) in [5.74, 6) is 0.479. The van der Waals surface area contributed by atoms with Crippen molar-refractivity contribution in [2.45, 2.75) is 6.61 Å². The van der Waals surface area contributed by atoms with Gasteiger partial charge in [-0.25, -0.2) is 0 Å². The normalized spacial score (nSPS) is 10.2. The zero-order valence-electron chi connectivity index (χ0n) is 8.63. The number of hydrogen-bond acceptors (Lipinski definition) is 4. The third kappa shape index (κ3) is 3.04. The molecule has 0 aliphatic rings. The minimum Gasteiger partial charge on any atom is -0.487 e. The lowest BCUT2D eigenvalue weighted by molar-refractivity contribution is -0.385. The van der Waals surface area contributed by atoms with Crippen LogP contribution in [0.15, 0.2) is 40.2 Å². The van der Waals surface area contributed by atoms with E-state index in [1.54, 1.807) is 17.4 Å². The first-order valence-electron chi connectivity index (χ1n) is 4.76. The summed E-state index contributed by atoms with van der Waals surface area (Å²) in [5.41, 5.74) is 0.0226. The monoisotopic (exact) mass is 313 g/mol. The summed E-state index contributed by atoms with van der Waals surface area (Å²) in [5, 5.41) is 12.6. The van der Waals surface area contributed by atoms with Gasteiger partial charge < -0.3 is 4.74 Å². The lowest BCUT2D eigenvalue weighted by Crippen LogP contribution is -1.95. The lowest BCUT2D eigenvalue weighted by atomic mass is 10.3. The van der Waals surface area contributed by atoms with Crippen LogP contribution in [0.25, 0.3) is 0 Å². The Labute approximate surface area is 110 Å². The number of non-ortho nitro benzene ring substituents is 1. The number of nitro benzene ring substituents is 1. The molecule has 0 radical (unpaired) electrons. The Morgan fingerprint density at radius 2 is 2.24 bits per heavy atom. The number of thiophene rings is 1. The number of halogens is 1. The number of nitrogens with zero attached hydrogens (tertiary/aromatic N) is 1. The highest BCUT2D eigenvalue weighted by molar-refractivity contribution is 9.10. The summed E-state index contributed by atoms with van der Waals surface area (Å²) in [6.45, 7) is 0.414. The Hall–Kier alpha value is -1.40. The second-order valence-electron chi connectivity index (χ2n) is 3.24. The van der Waals surface area contributed by atoms with Crippen molar-refractivity contribution in [2.24, 2.45) is 0 Å². The molecule has 0 amide bonds. The molecule has 6 heteroatoms. The van der Waals surface area contributed by atoms with Crippen molar-refractivity contribution in [1.29, 1.82) is 0 Å². The van der Waals surface area contributed by atoms with Gasteiger partial charge in [0, 0.05) is 10.9 Å². The fraction of sp³-hybridized carbons (Fsp3) is 0.0909. The van der Waals surface area contributed by atoms with Crippen LogP contribution in [0.2, 0.25) is 0 Å². The molecule has 0 unspecified atom stereocenters. The molecule has 0 saturated carbocycles. The molecule has 1 aromatic carbocycles. The smallest absolute Gasteiger partial charge is 0.273 e. The van der Waals surface area contributed by atoms with Crippen molar-refractivity contribution in [3.63, 3.8) is 0 Å². The van der Waals surface area contributed by atoms with Gasteiger partial charge in [-0.15, -0.1) is 11.3 Å². The Morgan fingerprint density at radius 3 is 2.88 bits per heavy atom. The first-order chi connectivity index (χ1) is 8.16. The van der Waals surface area contributed by atoms with E-state index in [4.69, 9.17) is 4.74 Å². The highest BCUT2D eigenvalue weighted by Gasteiger charge is 2.10. The van der Waals surface area contributed by atoms with Crippen molar-refractivity contribution >= 4 is 33.0 Å². The molecule has 0 N–H and O–H groups in total. The molecular formula is C11H8BrNO3S. The Kier molecular flexibility index (Phi) is 3.75. The molecule has 0 spiro atoms. The van der Waals surface area contributed by atoms with E-state index < -0.39 is 4.92 Å². The lowest BCUT2D eigenvalue weighted by Gasteiger charge is -2.06. The molecule has 2 rings (SSSR count). The van der Waals surface area contributed by atoms with Crippen molar-refractivity contribution in [3.8, 4) is 5.75 Å². The van der Waals surface area contributed by atoms with E-state index in [2.05, 4.69) is 15.9 Å². The largest absolute Gasteiger partial charge is 0.487 e. The highest BCUT2D eigenvalue weighted by Crippen LogP contribution is 2.30. The summed E-state index contributed by atoms with van der Waals surface area (Å²) >= 11 is 4.88. The molecule has 17 heavy (non-hydrogen) atoms. The molecule has 1 aromatic heterocycles. The van der Waals surface area contributed by atoms with Gasteiger partial charge in [0.05, 0.1) is 15.5 Å². The van der Waals surface area contributed by atoms with E-state index in [1.165, 1.54) is 12.1 Å². The third-order valence-corrected chi connectivity index (χ3v) is 3.58. The maximum absolute atomic E-state index is 10.6. The van der Waals surface area contributed by atoms with Crippen LogP contribution in [-0.2, 0) is 6.61 Å². The zero-order valence-corrected chi connectivity index (χ0v) is 11.0. The predicted octanol–water partition coefficient (Wildman–Crippen LogP) is 4.00. The minimum atomic E-state index is -0.440. The van der Waals surface area contributed by atoms with Gasteiger partial charge in [0.2, 0.25) is 0 Å². The number of hydrogen-bond donors (Lipinski definition) is 0. The van der Waals surface area contributed by atoms with Crippen molar-refractivity contribution in [1.82, 2.24) is 0 Å². The Balaban J connectivity index is 2.14. The van der Waals surface area contributed by atoms with E-state index in [0.717, 1.165) is 4.88 Å². The van der Waals surface area contributed by atoms with Crippen LogP contribution in [0, 0.1) is 10.1 Å². The molecular weight excluding hydrogens is 306 g/mol. The van der Waals surface area contributed by atoms with E-state index >= 15 is 0 Å². The minimum absolute atomic E-state index is 0.0226. The van der Waals surface area contributed by atoms with Crippen LogP contribution in [0.5, 0.6) is 5.75 Å². The van der Waals surface area contributed by atoms with Crippen LogP contribution < -0.4 is 4.74 Å². The number of rotatable bonds is 4. The van der Waals surface area contributed by atoms with Gasteiger partial charge >= 0.3 is 0 Å². The van der Waals surface area contributed by atoms with Crippen LogP contribution in [0.4, 0.5) is 5.69 Å². The summed E-state index contributed by atoms with van der Waals surface area (Å²) in [4.78, 5) is 11.3. The average Bonchev–Trinajstić information content (AvgIpc) is 2.80. The molecule has 0 saturated heterocycles. The zero-order chi connectivity index (χ0) is 12.3. The topological polar surface area (TPSA) is 52.4 Å². The summed E-state index contributed by atoms with van der Waals surface area (Å²) in [7, 11) is 0. The predicted molar refractivity (Wildman–Crippen MR) is 69.4 cm³/mol.